The third-order valence-electron chi connectivity index (χ3n) is 4.23. The van der Waals surface area contributed by atoms with E-state index in [1.165, 1.54) is 0 Å². The van der Waals surface area contributed by atoms with Gasteiger partial charge in [0.05, 0.1) is 5.52 Å². The Bertz CT molecular complexity index is 574. The molecule has 100 valence electrons. The van der Waals surface area contributed by atoms with Crippen LogP contribution in [0.15, 0.2) is 36.5 Å². The number of pyridine rings is 1. The molecule has 2 aromatic rings. The van der Waals surface area contributed by atoms with E-state index in [0.29, 0.717) is 0 Å². The van der Waals surface area contributed by atoms with Gasteiger partial charge in [0.1, 0.15) is 5.67 Å². The van der Waals surface area contributed by atoms with Crippen LogP contribution in [-0.2, 0) is 5.67 Å². The number of rotatable bonds is 2. The predicted molar refractivity (Wildman–Crippen MR) is 75.8 cm³/mol. The lowest BCUT2D eigenvalue weighted by molar-refractivity contribution is 0.0813. The Balaban J connectivity index is 1.97. The van der Waals surface area contributed by atoms with Crippen molar-refractivity contribution in [3.05, 3.63) is 42.1 Å². The Kier molecular flexibility index (Phi) is 3.23. The van der Waals surface area contributed by atoms with Gasteiger partial charge < -0.3 is 5.32 Å². The van der Waals surface area contributed by atoms with Crippen molar-refractivity contribution in [2.75, 3.05) is 13.1 Å². The number of alkyl halides is 1. The maximum atomic E-state index is 15.2. The van der Waals surface area contributed by atoms with Crippen LogP contribution in [0.1, 0.15) is 25.3 Å². The van der Waals surface area contributed by atoms with Crippen LogP contribution < -0.4 is 5.32 Å². The molecular weight excluding hydrogens is 239 g/mol. The van der Waals surface area contributed by atoms with Crippen molar-refractivity contribution >= 4 is 10.9 Å². The van der Waals surface area contributed by atoms with Crippen molar-refractivity contribution in [3.8, 4) is 0 Å². The molecule has 2 heterocycles. The molecule has 1 fully saturated rings. The van der Waals surface area contributed by atoms with Gasteiger partial charge in [-0.05, 0) is 50.1 Å². The topological polar surface area (TPSA) is 24.9 Å². The smallest absolute Gasteiger partial charge is 0.137 e. The number of benzene rings is 1. The van der Waals surface area contributed by atoms with Crippen LogP contribution in [-0.4, -0.2) is 18.1 Å². The minimum Gasteiger partial charge on any atom is -0.316 e. The zero-order valence-corrected chi connectivity index (χ0v) is 11.2. The Morgan fingerprint density at radius 3 is 3.05 bits per heavy atom. The molecule has 19 heavy (non-hydrogen) atoms. The van der Waals surface area contributed by atoms with Crippen LogP contribution >= 0.6 is 0 Å². The van der Waals surface area contributed by atoms with Crippen molar-refractivity contribution in [1.82, 2.24) is 10.3 Å². The molecule has 1 aromatic carbocycles. The first-order valence-corrected chi connectivity index (χ1v) is 6.93. The molecule has 0 spiro atoms. The third-order valence-corrected chi connectivity index (χ3v) is 4.23. The molecule has 3 heteroatoms. The van der Waals surface area contributed by atoms with Gasteiger partial charge in [0.2, 0.25) is 0 Å². The molecule has 0 bridgehead atoms. The highest BCUT2D eigenvalue weighted by molar-refractivity contribution is 5.79. The molecule has 2 atom stereocenters. The largest absolute Gasteiger partial charge is 0.316 e. The van der Waals surface area contributed by atoms with Crippen molar-refractivity contribution in [3.63, 3.8) is 0 Å². The van der Waals surface area contributed by atoms with Crippen molar-refractivity contribution in [1.29, 1.82) is 0 Å². The van der Waals surface area contributed by atoms with Crippen molar-refractivity contribution in [2.24, 2.45) is 5.92 Å². The maximum absolute atomic E-state index is 15.2. The van der Waals surface area contributed by atoms with Crippen LogP contribution in [0.4, 0.5) is 4.39 Å². The van der Waals surface area contributed by atoms with E-state index in [0.717, 1.165) is 42.4 Å². The van der Waals surface area contributed by atoms with E-state index in [1.807, 2.05) is 30.3 Å². The number of nitrogens with zero attached hydrogens (tertiary/aromatic N) is 1. The first kappa shape index (κ1) is 12.5. The van der Waals surface area contributed by atoms with Crippen molar-refractivity contribution < 1.29 is 4.39 Å². The van der Waals surface area contributed by atoms with Crippen LogP contribution in [0.2, 0.25) is 0 Å². The fourth-order valence-electron chi connectivity index (χ4n) is 2.93. The molecule has 0 radical (unpaired) electrons. The highest BCUT2D eigenvalue weighted by Crippen LogP contribution is 2.38. The van der Waals surface area contributed by atoms with Gasteiger partial charge in [0.25, 0.3) is 0 Å². The number of halogens is 1. The lowest BCUT2D eigenvalue weighted by Crippen LogP contribution is -2.39. The number of hydrogen-bond acceptors (Lipinski definition) is 2. The fraction of sp³-hybridized carbons (Fsp3) is 0.438. The molecule has 1 N–H and O–H groups in total. The normalized spacial score (nSPS) is 23.2. The average molecular weight is 258 g/mol. The maximum Gasteiger partial charge on any atom is 0.137 e. The summed E-state index contributed by atoms with van der Waals surface area (Å²) in [5.41, 5.74) is 0.405. The van der Waals surface area contributed by atoms with E-state index in [2.05, 4.69) is 10.3 Å². The average Bonchev–Trinajstić information content (AvgIpc) is 2.47. The minimum absolute atomic E-state index is 0.0513. The number of fused-ring (bicyclic) bond motifs is 1. The molecule has 3 rings (SSSR count). The zero-order valence-electron chi connectivity index (χ0n) is 11.2. The summed E-state index contributed by atoms with van der Waals surface area (Å²) in [6, 6.07) is 9.62. The second-order valence-corrected chi connectivity index (χ2v) is 5.53. The number of nitrogens with one attached hydrogen (secondary N) is 1. The number of aromatic nitrogens is 1. The lowest BCUT2D eigenvalue weighted by atomic mass is 9.80. The Labute approximate surface area is 113 Å². The summed E-state index contributed by atoms with van der Waals surface area (Å²) in [7, 11) is 0. The van der Waals surface area contributed by atoms with Gasteiger partial charge in [-0.1, -0.05) is 12.1 Å². The van der Waals surface area contributed by atoms with Gasteiger partial charge >= 0.3 is 0 Å². The highest BCUT2D eigenvalue weighted by Gasteiger charge is 2.36. The van der Waals surface area contributed by atoms with E-state index >= 15 is 4.39 Å². The Morgan fingerprint density at radius 1 is 1.37 bits per heavy atom. The molecule has 0 saturated carbocycles. The second-order valence-electron chi connectivity index (χ2n) is 5.53. The number of hydrogen-bond donors (Lipinski definition) is 1. The summed E-state index contributed by atoms with van der Waals surface area (Å²) < 4.78 is 15.2. The Hall–Kier alpha value is -1.48. The van der Waals surface area contributed by atoms with E-state index in [-0.39, 0.29) is 5.92 Å². The van der Waals surface area contributed by atoms with Gasteiger partial charge in [-0.3, -0.25) is 4.98 Å². The van der Waals surface area contributed by atoms with E-state index in [1.54, 1.807) is 13.1 Å². The highest BCUT2D eigenvalue weighted by atomic mass is 19.1. The van der Waals surface area contributed by atoms with Gasteiger partial charge in [0.15, 0.2) is 0 Å². The van der Waals surface area contributed by atoms with E-state index in [4.69, 9.17) is 0 Å². The summed E-state index contributed by atoms with van der Waals surface area (Å²) in [5.74, 6) is 0.0513. The molecule has 2 nitrogen and oxygen atoms in total. The molecular formula is C16H19FN2. The lowest BCUT2D eigenvalue weighted by Gasteiger charge is -2.34. The van der Waals surface area contributed by atoms with Crippen molar-refractivity contribution in [2.45, 2.75) is 25.4 Å². The first-order chi connectivity index (χ1) is 9.18. The first-order valence-electron chi connectivity index (χ1n) is 6.93. The zero-order chi connectivity index (χ0) is 13.3. The molecule has 2 unspecified atom stereocenters. The molecule has 0 aliphatic carbocycles. The summed E-state index contributed by atoms with van der Waals surface area (Å²) >= 11 is 0. The van der Waals surface area contributed by atoms with Crippen LogP contribution in [0.3, 0.4) is 0 Å². The van der Waals surface area contributed by atoms with E-state index in [9.17, 15) is 0 Å². The second kappa shape index (κ2) is 4.89. The summed E-state index contributed by atoms with van der Waals surface area (Å²) in [6.07, 6.45) is 3.77. The van der Waals surface area contributed by atoms with E-state index < -0.39 is 5.67 Å². The standard InChI is InChI=1S/C16H19FN2/c1-16(17,14-5-3-8-18-11-14)13-6-7-15-12(10-13)4-2-9-19-15/h2,4,6-7,9-10,14,18H,3,5,8,11H2,1H3. The molecule has 1 saturated heterocycles. The van der Waals surface area contributed by atoms with Gasteiger partial charge in [0, 0.05) is 24.0 Å². The summed E-state index contributed by atoms with van der Waals surface area (Å²) in [4.78, 5) is 4.28. The third kappa shape index (κ3) is 2.35. The number of piperidine rings is 1. The minimum atomic E-state index is -1.28. The summed E-state index contributed by atoms with van der Waals surface area (Å²) in [6.45, 7) is 3.48. The van der Waals surface area contributed by atoms with Gasteiger partial charge in [-0.25, -0.2) is 4.39 Å². The Morgan fingerprint density at radius 2 is 2.26 bits per heavy atom. The van der Waals surface area contributed by atoms with Crippen LogP contribution in [0.5, 0.6) is 0 Å². The van der Waals surface area contributed by atoms with Gasteiger partial charge in [-0.15, -0.1) is 0 Å². The molecule has 1 aromatic heterocycles. The molecule has 1 aliphatic heterocycles. The summed E-state index contributed by atoms with van der Waals surface area (Å²) in [5, 5.41) is 4.30. The molecule has 1 aliphatic rings. The predicted octanol–water partition coefficient (Wildman–Crippen LogP) is 3.42. The van der Waals surface area contributed by atoms with Gasteiger partial charge in [-0.2, -0.15) is 0 Å². The SMILES string of the molecule is CC(F)(c1ccc2ncccc2c1)C1CCCNC1. The monoisotopic (exact) mass is 258 g/mol. The fourth-order valence-corrected chi connectivity index (χ4v) is 2.93. The quantitative estimate of drug-likeness (QED) is 0.892. The molecule has 0 amide bonds. The van der Waals surface area contributed by atoms with Crippen LogP contribution in [0, 0.1) is 5.92 Å². The van der Waals surface area contributed by atoms with Crippen LogP contribution in [0.25, 0.3) is 10.9 Å².